The van der Waals surface area contributed by atoms with Crippen LogP contribution in [0.4, 0.5) is 4.39 Å². The third-order valence-electron chi connectivity index (χ3n) is 1.62. The van der Waals surface area contributed by atoms with Crippen molar-refractivity contribution < 1.29 is 4.39 Å². The fourth-order valence-electron chi connectivity index (χ4n) is 1.03. The van der Waals surface area contributed by atoms with Crippen molar-refractivity contribution in [1.82, 2.24) is 5.32 Å². The minimum absolute atomic E-state index is 0.582. The first-order chi connectivity index (χ1) is 4.84. The van der Waals surface area contributed by atoms with Crippen molar-refractivity contribution in [3.8, 4) is 6.07 Å². The Kier molecular flexibility index (Phi) is 2.41. The second-order valence-corrected chi connectivity index (χ2v) is 2.28. The molecular formula is C7H9FN2. The topological polar surface area (TPSA) is 35.8 Å². The number of allylic oxidation sites excluding steroid dienone is 1. The number of halogens is 1. The number of hydrogen-bond acceptors (Lipinski definition) is 2. The van der Waals surface area contributed by atoms with Gasteiger partial charge in [-0.2, -0.15) is 9.65 Å². The largest absolute Gasteiger partial charge is 0.316 e. The van der Waals surface area contributed by atoms with Crippen LogP contribution in [0.25, 0.3) is 0 Å². The molecule has 0 atom stereocenters. The minimum atomic E-state index is -0.582. The minimum Gasteiger partial charge on any atom is -0.316 e. The van der Waals surface area contributed by atoms with Crippen LogP contribution >= 0.6 is 0 Å². The van der Waals surface area contributed by atoms with E-state index < -0.39 is 5.83 Å². The van der Waals surface area contributed by atoms with Crippen molar-refractivity contribution in [2.75, 3.05) is 13.1 Å². The smallest absolute Gasteiger partial charge is 0.199 e. The highest BCUT2D eigenvalue weighted by Crippen LogP contribution is 2.15. The monoisotopic (exact) mass is 140 g/mol. The maximum atomic E-state index is 12.5. The summed E-state index contributed by atoms with van der Waals surface area (Å²) in [5.41, 5.74) is 0.668. The summed E-state index contributed by atoms with van der Waals surface area (Å²) >= 11 is 0. The van der Waals surface area contributed by atoms with Gasteiger partial charge in [0, 0.05) is 0 Å². The fraction of sp³-hybridized carbons (Fsp3) is 0.571. The molecular weight excluding hydrogens is 131 g/mol. The van der Waals surface area contributed by atoms with Crippen LogP contribution < -0.4 is 5.32 Å². The standard InChI is InChI=1S/C7H9FN2/c8-7(5-9)6-1-3-10-4-2-6/h10H,1-4H2. The van der Waals surface area contributed by atoms with E-state index in [1.807, 2.05) is 0 Å². The Morgan fingerprint density at radius 1 is 1.50 bits per heavy atom. The number of nitriles is 1. The number of nitrogens with zero attached hydrogens (tertiary/aromatic N) is 1. The normalized spacial score (nSPS) is 18.2. The van der Waals surface area contributed by atoms with E-state index in [2.05, 4.69) is 5.32 Å². The van der Waals surface area contributed by atoms with Crippen LogP contribution in [0, 0.1) is 11.3 Å². The van der Waals surface area contributed by atoms with Gasteiger partial charge < -0.3 is 5.32 Å². The quantitative estimate of drug-likeness (QED) is 0.512. The van der Waals surface area contributed by atoms with Gasteiger partial charge in [0.15, 0.2) is 5.83 Å². The van der Waals surface area contributed by atoms with E-state index in [1.165, 1.54) is 6.07 Å². The highest BCUT2D eigenvalue weighted by atomic mass is 19.1. The predicted octanol–water partition coefficient (Wildman–Crippen LogP) is 1.12. The Morgan fingerprint density at radius 2 is 2.10 bits per heavy atom. The zero-order chi connectivity index (χ0) is 7.40. The van der Waals surface area contributed by atoms with Gasteiger partial charge in [0.1, 0.15) is 6.07 Å². The molecule has 0 aromatic rings. The Hall–Kier alpha value is -0.880. The van der Waals surface area contributed by atoms with Crippen LogP contribution in [0.15, 0.2) is 11.4 Å². The molecule has 1 fully saturated rings. The first-order valence-electron chi connectivity index (χ1n) is 3.33. The molecule has 0 bridgehead atoms. The van der Waals surface area contributed by atoms with Crippen molar-refractivity contribution in [3.05, 3.63) is 11.4 Å². The molecule has 1 rings (SSSR count). The fourth-order valence-corrected chi connectivity index (χ4v) is 1.03. The number of rotatable bonds is 0. The van der Waals surface area contributed by atoms with Gasteiger partial charge in [-0.3, -0.25) is 0 Å². The molecule has 0 aromatic heterocycles. The van der Waals surface area contributed by atoms with Gasteiger partial charge in [0.2, 0.25) is 0 Å². The molecule has 2 nitrogen and oxygen atoms in total. The highest BCUT2D eigenvalue weighted by Gasteiger charge is 2.09. The molecule has 0 spiro atoms. The Labute approximate surface area is 59.3 Å². The number of piperidine rings is 1. The summed E-state index contributed by atoms with van der Waals surface area (Å²) in [6.45, 7) is 1.59. The molecule has 1 aliphatic rings. The van der Waals surface area contributed by atoms with Gasteiger partial charge >= 0.3 is 0 Å². The average Bonchev–Trinajstić information content (AvgIpc) is 2.05. The van der Waals surface area contributed by atoms with Crippen molar-refractivity contribution >= 4 is 0 Å². The van der Waals surface area contributed by atoms with E-state index in [-0.39, 0.29) is 0 Å². The Balaban J connectivity index is 2.62. The maximum Gasteiger partial charge on any atom is 0.199 e. The van der Waals surface area contributed by atoms with Crippen molar-refractivity contribution in [2.24, 2.45) is 0 Å². The van der Waals surface area contributed by atoms with Gasteiger partial charge in [-0.05, 0) is 31.5 Å². The van der Waals surface area contributed by atoms with E-state index in [1.54, 1.807) is 0 Å². The molecule has 0 aliphatic carbocycles. The third-order valence-corrected chi connectivity index (χ3v) is 1.62. The second kappa shape index (κ2) is 3.33. The molecule has 10 heavy (non-hydrogen) atoms. The molecule has 1 N–H and O–H groups in total. The van der Waals surface area contributed by atoms with Gasteiger partial charge in [-0.1, -0.05) is 0 Å². The molecule has 0 radical (unpaired) electrons. The summed E-state index contributed by atoms with van der Waals surface area (Å²) < 4.78 is 12.5. The second-order valence-electron chi connectivity index (χ2n) is 2.28. The van der Waals surface area contributed by atoms with Crippen molar-refractivity contribution in [2.45, 2.75) is 12.8 Å². The van der Waals surface area contributed by atoms with E-state index in [4.69, 9.17) is 5.26 Å². The molecule has 0 unspecified atom stereocenters. The summed E-state index contributed by atoms with van der Waals surface area (Å²) in [7, 11) is 0. The first-order valence-corrected chi connectivity index (χ1v) is 3.33. The van der Waals surface area contributed by atoms with E-state index in [9.17, 15) is 4.39 Å². The maximum absolute atomic E-state index is 12.5. The van der Waals surface area contributed by atoms with Crippen LogP contribution in [0.3, 0.4) is 0 Å². The zero-order valence-electron chi connectivity index (χ0n) is 5.65. The van der Waals surface area contributed by atoms with Crippen LogP contribution in [-0.4, -0.2) is 13.1 Å². The summed E-state index contributed by atoms with van der Waals surface area (Å²) in [5.74, 6) is -0.582. The summed E-state index contributed by atoms with van der Waals surface area (Å²) in [4.78, 5) is 0. The van der Waals surface area contributed by atoms with Crippen LogP contribution in [-0.2, 0) is 0 Å². The predicted molar refractivity (Wildman–Crippen MR) is 35.9 cm³/mol. The molecule has 0 aromatic carbocycles. The SMILES string of the molecule is N#CC(F)=C1CCNCC1. The Bertz CT molecular complexity index is 182. The van der Waals surface area contributed by atoms with Crippen molar-refractivity contribution in [3.63, 3.8) is 0 Å². The lowest BCUT2D eigenvalue weighted by molar-refractivity contribution is 0.568. The van der Waals surface area contributed by atoms with E-state index in [0.717, 1.165) is 13.1 Å². The average molecular weight is 140 g/mol. The summed E-state index contributed by atoms with van der Waals surface area (Å²) in [5, 5.41) is 11.3. The molecule has 1 aliphatic heterocycles. The van der Waals surface area contributed by atoms with Gasteiger partial charge in [-0.15, -0.1) is 0 Å². The highest BCUT2D eigenvalue weighted by molar-refractivity contribution is 5.22. The molecule has 1 saturated heterocycles. The van der Waals surface area contributed by atoms with Gasteiger partial charge in [-0.25, -0.2) is 0 Å². The zero-order valence-corrected chi connectivity index (χ0v) is 5.65. The lowest BCUT2D eigenvalue weighted by atomic mass is 10.1. The molecule has 54 valence electrons. The third kappa shape index (κ3) is 1.55. The van der Waals surface area contributed by atoms with Gasteiger partial charge in [0.25, 0.3) is 0 Å². The number of hydrogen-bond donors (Lipinski definition) is 1. The number of nitrogens with one attached hydrogen (secondary N) is 1. The summed E-state index contributed by atoms with van der Waals surface area (Å²) in [6, 6.07) is 1.52. The molecule has 0 amide bonds. The van der Waals surface area contributed by atoms with Crippen LogP contribution in [0.1, 0.15) is 12.8 Å². The van der Waals surface area contributed by atoms with Crippen LogP contribution in [0.2, 0.25) is 0 Å². The van der Waals surface area contributed by atoms with Gasteiger partial charge in [0.05, 0.1) is 0 Å². The Morgan fingerprint density at radius 3 is 2.60 bits per heavy atom. The van der Waals surface area contributed by atoms with E-state index in [0.29, 0.717) is 18.4 Å². The molecule has 1 heterocycles. The molecule has 0 saturated carbocycles. The lowest BCUT2D eigenvalue weighted by Gasteiger charge is -2.13. The van der Waals surface area contributed by atoms with E-state index >= 15 is 0 Å². The first kappa shape index (κ1) is 7.23. The lowest BCUT2D eigenvalue weighted by Crippen LogP contribution is -2.23. The summed E-state index contributed by atoms with van der Waals surface area (Å²) in [6.07, 6.45) is 1.36. The van der Waals surface area contributed by atoms with Crippen molar-refractivity contribution in [1.29, 1.82) is 5.26 Å². The van der Waals surface area contributed by atoms with Crippen LogP contribution in [0.5, 0.6) is 0 Å². The molecule has 3 heteroatoms.